The van der Waals surface area contributed by atoms with E-state index in [9.17, 15) is 10.4 Å². The molecule has 0 amide bonds. The summed E-state index contributed by atoms with van der Waals surface area (Å²) in [5.41, 5.74) is 4.25. The molecule has 3 heterocycles. The molecule has 1 N–H and O–H groups in total. The van der Waals surface area contributed by atoms with Crippen LogP contribution in [0.25, 0.3) is 0 Å². The normalized spacial score (nSPS) is 16.6. The molecular weight excluding hydrogens is 390 g/mol. The van der Waals surface area contributed by atoms with Crippen LogP contribution in [0.4, 0.5) is 11.6 Å². The first kappa shape index (κ1) is 21.6. The molecule has 2 aromatic rings. The molecule has 7 nitrogen and oxygen atoms in total. The van der Waals surface area contributed by atoms with Crippen LogP contribution in [0.2, 0.25) is 0 Å². The molecule has 0 saturated carbocycles. The highest BCUT2D eigenvalue weighted by Crippen LogP contribution is 2.35. The zero-order valence-corrected chi connectivity index (χ0v) is 18.3. The SMILES string of the molecule is CCN(CCO)c1nc(N2CCOCC2)c2c(c1C#N)CCN(Cc1ccccc1)C2. The predicted octanol–water partition coefficient (Wildman–Crippen LogP) is 2.17. The number of hydrogen-bond acceptors (Lipinski definition) is 7. The fourth-order valence-electron chi connectivity index (χ4n) is 4.55. The highest BCUT2D eigenvalue weighted by molar-refractivity contribution is 5.67. The van der Waals surface area contributed by atoms with E-state index in [1.54, 1.807) is 0 Å². The van der Waals surface area contributed by atoms with Crippen molar-refractivity contribution in [3.8, 4) is 6.07 Å². The number of likely N-dealkylation sites (N-methyl/N-ethyl adjacent to an activating group) is 1. The number of nitriles is 1. The number of morpholine rings is 1. The number of pyridine rings is 1. The Hall–Kier alpha value is -2.66. The van der Waals surface area contributed by atoms with E-state index in [1.165, 1.54) is 11.1 Å². The Kier molecular flexibility index (Phi) is 7.03. The maximum atomic E-state index is 10.1. The number of aliphatic hydroxyl groups is 1. The summed E-state index contributed by atoms with van der Waals surface area (Å²) in [6.07, 6.45) is 0.828. The summed E-state index contributed by atoms with van der Waals surface area (Å²) in [5.74, 6) is 1.68. The molecule has 1 fully saturated rings. The Labute approximate surface area is 184 Å². The van der Waals surface area contributed by atoms with Crippen LogP contribution in [0.1, 0.15) is 29.2 Å². The van der Waals surface area contributed by atoms with Crippen LogP contribution in [-0.2, 0) is 24.2 Å². The summed E-state index contributed by atoms with van der Waals surface area (Å²) < 4.78 is 5.57. The van der Waals surface area contributed by atoms with E-state index in [2.05, 4.69) is 40.1 Å². The molecule has 2 aliphatic rings. The van der Waals surface area contributed by atoms with Crippen LogP contribution >= 0.6 is 0 Å². The number of aliphatic hydroxyl groups excluding tert-OH is 1. The third-order valence-corrected chi connectivity index (χ3v) is 6.15. The molecular formula is C24H31N5O2. The van der Waals surface area contributed by atoms with Gasteiger partial charge in [-0.25, -0.2) is 4.98 Å². The van der Waals surface area contributed by atoms with Gasteiger partial charge in [-0.2, -0.15) is 5.26 Å². The lowest BCUT2D eigenvalue weighted by Gasteiger charge is -2.37. The van der Waals surface area contributed by atoms with Gasteiger partial charge in [0.25, 0.3) is 0 Å². The summed E-state index contributed by atoms with van der Waals surface area (Å²) in [6.45, 7) is 8.80. The van der Waals surface area contributed by atoms with E-state index in [-0.39, 0.29) is 6.61 Å². The Morgan fingerprint density at radius 1 is 1.16 bits per heavy atom. The van der Waals surface area contributed by atoms with Crippen molar-refractivity contribution < 1.29 is 9.84 Å². The Morgan fingerprint density at radius 2 is 1.94 bits per heavy atom. The number of anilines is 2. The van der Waals surface area contributed by atoms with E-state index in [4.69, 9.17) is 9.72 Å². The molecule has 0 spiro atoms. The van der Waals surface area contributed by atoms with E-state index < -0.39 is 0 Å². The third-order valence-electron chi connectivity index (χ3n) is 6.15. The second-order valence-corrected chi connectivity index (χ2v) is 8.05. The van der Waals surface area contributed by atoms with Gasteiger partial charge >= 0.3 is 0 Å². The maximum absolute atomic E-state index is 10.1. The molecule has 0 atom stereocenters. The molecule has 4 rings (SSSR count). The van der Waals surface area contributed by atoms with Gasteiger partial charge in [-0.3, -0.25) is 4.90 Å². The first-order valence-electron chi connectivity index (χ1n) is 11.2. The fraction of sp³-hybridized carbons (Fsp3) is 0.500. The number of fused-ring (bicyclic) bond motifs is 1. The van der Waals surface area contributed by atoms with Gasteiger partial charge in [0.1, 0.15) is 17.7 Å². The number of aromatic nitrogens is 1. The summed E-state index contributed by atoms with van der Waals surface area (Å²) in [6, 6.07) is 13.0. The Morgan fingerprint density at radius 3 is 2.61 bits per heavy atom. The van der Waals surface area contributed by atoms with Gasteiger partial charge in [0.2, 0.25) is 0 Å². The van der Waals surface area contributed by atoms with Gasteiger partial charge in [-0.15, -0.1) is 0 Å². The average Bonchev–Trinajstić information content (AvgIpc) is 2.82. The number of benzene rings is 1. The number of hydrogen-bond donors (Lipinski definition) is 1. The van der Waals surface area contributed by atoms with E-state index >= 15 is 0 Å². The first-order valence-corrected chi connectivity index (χ1v) is 11.2. The Bertz CT molecular complexity index is 922. The number of ether oxygens (including phenoxy) is 1. The van der Waals surface area contributed by atoms with Crippen molar-refractivity contribution in [3.05, 3.63) is 52.6 Å². The number of nitrogens with zero attached hydrogens (tertiary/aromatic N) is 5. The van der Waals surface area contributed by atoms with Gasteiger partial charge in [0.05, 0.1) is 25.4 Å². The van der Waals surface area contributed by atoms with Crippen molar-refractivity contribution in [3.63, 3.8) is 0 Å². The second-order valence-electron chi connectivity index (χ2n) is 8.05. The van der Waals surface area contributed by atoms with Gasteiger partial charge in [0, 0.05) is 51.4 Å². The van der Waals surface area contributed by atoms with Crippen molar-refractivity contribution in [1.29, 1.82) is 5.26 Å². The summed E-state index contributed by atoms with van der Waals surface area (Å²) in [7, 11) is 0. The summed E-state index contributed by atoms with van der Waals surface area (Å²) >= 11 is 0. The molecule has 1 aromatic carbocycles. The number of rotatable bonds is 7. The van der Waals surface area contributed by atoms with Crippen LogP contribution in [-0.4, -0.2) is 67.5 Å². The highest BCUT2D eigenvalue weighted by Gasteiger charge is 2.30. The average molecular weight is 422 g/mol. The minimum absolute atomic E-state index is 0.0369. The quantitative estimate of drug-likeness (QED) is 0.734. The van der Waals surface area contributed by atoms with E-state index in [1.807, 2.05) is 17.9 Å². The van der Waals surface area contributed by atoms with Gasteiger partial charge in [-0.05, 0) is 24.5 Å². The summed E-state index contributed by atoms with van der Waals surface area (Å²) in [4.78, 5) is 11.8. The molecule has 2 aliphatic heterocycles. The molecule has 31 heavy (non-hydrogen) atoms. The smallest absolute Gasteiger partial charge is 0.149 e. The predicted molar refractivity (Wildman–Crippen MR) is 121 cm³/mol. The lowest BCUT2D eigenvalue weighted by molar-refractivity contribution is 0.122. The zero-order chi connectivity index (χ0) is 21.6. The van der Waals surface area contributed by atoms with Crippen LogP contribution in [0.3, 0.4) is 0 Å². The monoisotopic (exact) mass is 421 g/mol. The summed E-state index contributed by atoms with van der Waals surface area (Å²) in [5, 5.41) is 19.6. The molecule has 0 bridgehead atoms. The molecule has 7 heteroatoms. The van der Waals surface area contributed by atoms with Crippen LogP contribution in [0.5, 0.6) is 0 Å². The molecule has 1 aromatic heterocycles. The topological polar surface area (TPSA) is 75.9 Å². The minimum Gasteiger partial charge on any atom is -0.395 e. The van der Waals surface area contributed by atoms with Crippen LogP contribution in [0, 0.1) is 11.3 Å². The van der Waals surface area contributed by atoms with Gasteiger partial charge in [-0.1, -0.05) is 30.3 Å². The molecule has 0 radical (unpaired) electrons. The Balaban J connectivity index is 1.74. The maximum Gasteiger partial charge on any atom is 0.149 e. The lowest BCUT2D eigenvalue weighted by Crippen LogP contribution is -2.40. The molecule has 0 unspecified atom stereocenters. The molecule has 0 aliphatic carbocycles. The van der Waals surface area contributed by atoms with Crippen molar-refractivity contribution in [1.82, 2.24) is 9.88 Å². The van der Waals surface area contributed by atoms with Crippen LogP contribution in [0.15, 0.2) is 30.3 Å². The molecule has 164 valence electrons. The standard InChI is InChI=1S/C24H31N5O2/c1-2-28(10-13-30)23-21(16-25)20-8-9-27(17-19-6-4-3-5-7-19)18-22(20)24(26-23)29-11-14-31-15-12-29/h3-7,30H,2,8-15,17-18H2,1H3. The minimum atomic E-state index is 0.0369. The fourth-order valence-corrected chi connectivity index (χ4v) is 4.55. The molecule has 1 saturated heterocycles. The largest absolute Gasteiger partial charge is 0.395 e. The van der Waals surface area contributed by atoms with Crippen LogP contribution < -0.4 is 9.80 Å². The van der Waals surface area contributed by atoms with Crippen molar-refractivity contribution in [2.24, 2.45) is 0 Å². The van der Waals surface area contributed by atoms with Crippen molar-refractivity contribution >= 4 is 11.6 Å². The van der Waals surface area contributed by atoms with E-state index in [0.29, 0.717) is 37.7 Å². The lowest BCUT2D eigenvalue weighted by atomic mass is 9.94. The van der Waals surface area contributed by atoms with Crippen molar-refractivity contribution in [2.45, 2.75) is 26.4 Å². The van der Waals surface area contributed by atoms with Gasteiger partial charge < -0.3 is 19.6 Å². The zero-order valence-electron chi connectivity index (χ0n) is 18.3. The van der Waals surface area contributed by atoms with Crippen molar-refractivity contribution in [2.75, 3.05) is 62.3 Å². The second kappa shape index (κ2) is 10.1. The third kappa shape index (κ3) is 4.67. The highest BCUT2D eigenvalue weighted by atomic mass is 16.5. The van der Waals surface area contributed by atoms with E-state index in [0.717, 1.165) is 50.5 Å². The first-order chi connectivity index (χ1) is 15.2. The van der Waals surface area contributed by atoms with Gasteiger partial charge in [0.15, 0.2) is 0 Å².